The molecule has 1 aliphatic rings. The molecule has 1 unspecified atom stereocenters. The van der Waals surface area contributed by atoms with E-state index in [-0.39, 0.29) is 11.5 Å². The van der Waals surface area contributed by atoms with Crippen LogP contribution in [-0.2, 0) is 17.6 Å². The summed E-state index contributed by atoms with van der Waals surface area (Å²) in [5.74, 6) is 1.58. The van der Waals surface area contributed by atoms with Gasteiger partial charge in [0.1, 0.15) is 17.1 Å². The van der Waals surface area contributed by atoms with Crippen LogP contribution < -0.4 is 0 Å². The van der Waals surface area contributed by atoms with Gasteiger partial charge in [-0.15, -0.1) is 5.10 Å². The van der Waals surface area contributed by atoms with Crippen molar-refractivity contribution >= 4 is 0 Å². The summed E-state index contributed by atoms with van der Waals surface area (Å²) >= 11 is 0. The van der Waals surface area contributed by atoms with E-state index in [1.165, 1.54) is 0 Å². The molecule has 0 aromatic carbocycles. The second kappa shape index (κ2) is 6.53. The summed E-state index contributed by atoms with van der Waals surface area (Å²) in [6, 6.07) is 0.229. The van der Waals surface area contributed by atoms with Crippen molar-refractivity contribution < 1.29 is 9.52 Å². The summed E-state index contributed by atoms with van der Waals surface area (Å²) in [7, 11) is 0. The Kier molecular flexibility index (Phi) is 4.72. The fourth-order valence-corrected chi connectivity index (χ4v) is 3.13. The summed E-state index contributed by atoms with van der Waals surface area (Å²) in [6.45, 7) is 12.4. The molecule has 0 bridgehead atoms. The molecular weight excluding hydrogens is 318 g/mol. The number of piperidine rings is 1. The summed E-state index contributed by atoms with van der Waals surface area (Å²) in [4.78, 5) is 6.58. The van der Waals surface area contributed by atoms with Crippen LogP contribution in [0.25, 0.3) is 0 Å². The highest BCUT2D eigenvalue weighted by atomic mass is 16.4. The molecule has 1 N–H and O–H groups in total. The minimum atomic E-state index is -0.967. The van der Waals surface area contributed by atoms with Crippen LogP contribution >= 0.6 is 0 Å². The zero-order valence-electron chi connectivity index (χ0n) is 15.9. The second-order valence-corrected chi connectivity index (χ2v) is 8.39. The predicted octanol–water partition coefficient (Wildman–Crippen LogP) is 2.63. The Morgan fingerprint density at radius 3 is 2.72 bits per heavy atom. The third-order valence-electron chi connectivity index (χ3n) is 4.72. The number of likely N-dealkylation sites (tertiary alicyclic amines) is 1. The van der Waals surface area contributed by atoms with Crippen LogP contribution in [0.2, 0.25) is 0 Å². The van der Waals surface area contributed by atoms with Crippen molar-refractivity contribution in [1.29, 1.82) is 0 Å². The molecule has 25 heavy (non-hydrogen) atoms. The summed E-state index contributed by atoms with van der Waals surface area (Å²) < 4.78 is 7.68. The van der Waals surface area contributed by atoms with Gasteiger partial charge in [0.05, 0.1) is 18.9 Å². The third kappa shape index (κ3) is 3.93. The summed E-state index contributed by atoms with van der Waals surface area (Å²) in [5.41, 5.74) is -0.373. The maximum atomic E-state index is 11.1. The molecule has 3 rings (SSSR count). The van der Waals surface area contributed by atoms with Gasteiger partial charge < -0.3 is 9.52 Å². The molecule has 3 heterocycles. The zero-order valence-corrected chi connectivity index (χ0v) is 15.9. The van der Waals surface area contributed by atoms with E-state index in [4.69, 9.17) is 4.42 Å². The van der Waals surface area contributed by atoms with Crippen molar-refractivity contribution in [3.8, 4) is 0 Å². The minimum Gasteiger partial charge on any atom is -0.444 e. The van der Waals surface area contributed by atoms with Crippen molar-refractivity contribution in [2.24, 2.45) is 0 Å². The number of aliphatic hydroxyl groups is 1. The molecule has 0 saturated carbocycles. The van der Waals surface area contributed by atoms with E-state index in [0.717, 1.165) is 18.7 Å². The van der Waals surface area contributed by atoms with Gasteiger partial charge in [-0.3, -0.25) is 4.90 Å². The fourth-order valence-electron chi connectivity index (χ4n) is 3.13. The van der Waals surface area contributed by atoms with Crippen LogP contribution in [0.1, 0.15) is 70.8 Å². The second-order valence-electron chi connectivity index (χ2n) is 8.39. The highest BCUT2D eigenvalue weighted by Crippen LogP contribution is 2.31. The van der Waals surface area contributed by atoms with E-state index in [1.807, 2.05) is 20.0 Å². The minimum absolute atomic E-state index is 0.0523. The van der Waals surface area contributed by atoms with Crippen LogP contribution in [-0.4, -0.2) is 43.1 Å². The highest BCUT2D eigenvalue weighted by molar-refractivity contribution is 5.10. The SMILES string of the molecule is CC(C)n1cc(C2(O)CCCN(Cc3ncc(C(C)(C)C)o3)C2)nn1. The highest BCUT2D eigenvalue weighted by Gasteiger charge is 2.38. The van der Waals surface area contributed by atoms with Crippen molar-refractivity contribution in [3.63, 3.8) is 0 Å². The molecule has 1 fully saturated rings. The average molecular weight is 347 g/mol. The van der Waals surface area contributed by atoms with E-state index < -0.39 is 5.60 Å². The lowest BCUT2D eigenvalue weighted by molar-refractivity contribution is -0.0434. The fraction of sp³-hybridized carbons (Fsp3) is 0.722. The summed E-state index contributed by atoms with van der Waals surface area (Å²) in [6.07, 6.45) is 5.26. The lowest BCUT2D eigenvalue weighted by atomic mass is 9.90. The van der Waals surface area contributed by atoms with Crippen molar-refractivity contribution in [2.45, 2.75) is 71.1 Å². The number of hydrogen-bond donors (Lipinski definition) is 1. The molecule has 0 radical (unpaired) electrons. The Balaban J connectivity index is 1.71. The molecular formula is C18H29N5O2. The van der Waals surface area contributed by atoms with E-state index in [0.29, 0.717) is 31.1 Å². The molecule has 7 heteroatoms. The van der Waals surface area contributed by atoms with Gasteiger partial charge in [-0.25, -0.2) is 9.67 Å². The monoisotopic (exact) mass is 347 g/mol. The van der Waals surface area contributed by atoms with Gasteiger partial charge >= 0.3 is 0 Å². The maximum Gasteiger partial charge on any atom is 0.208 e. The Hall–Kier alpha value is -1.73. The van der Waals surface area contributed by atoms with Crippen molar-refractivity contribution in [2.75, 3.05) is 13.1 Å². The largest absolute Gasteiger partial charge is 0.444 e. The molecule has 1 atom stereocenters. The Morgan fingerprint density at radius 1 is 1.36 bits per heavy atom. The van der Waals surface area contributed by atoms with Crippen molar-refractivity contribution in [1.82, 2.24) is 24.9 Å². The van der Waals surface area contributed by atoms with Gasteiger partial charge in [0, 0.05) is 18.0 Å². The van der Waals surface area contributed by atoms with Gasteiger partial charge in [-0.05, 0) is 33.2 Å². The Labute approximate surface area is 149 Å². The quantitative estimate of drug-likeness (QED) is 0.916. The number of aromatic nitrogens is 4. The van der Waals surface area contributed by atoms with Crippen LogP contribution in [0.3, 0.4) is 0 Å². The first-order valence-corrected chi connectivity index (χ1v) is 9.00. The van der Waals surface area contributed by atoms with Gasteiger partial charge in [-0.2, -0.15) is 0 Å². The first-order chi connectivity index (χ1) is 11.7. The summed E-state index contributed by atoms with van der Waals surface area (Å²) in [5, 5.41) is 19.5. The maximum absolute atomic E-state index is 11.1. The van der Waals surface area contributed by atoms with Crippen LogP contribution in [0.15, 0.2) is 16.8 Å². The number of β-amino-alcohol motifs (C(OH)–C–C–N with tert-alkyl or cyclic N) is 1. The van der Waals surface area contributed by atoms with E-state index >= 15 is 0 Å². The first kappa shape index (κ1) is 18.1. The van der Waals surface area contributed by atoms with Gasteiger partial charge in [0.25, 0.3) is 0 Å². The Bertz CT molecular complexity index is 715. The number of nitrogens with zero attached hydrogens (tertiary/aromatic N) is 5. The lowest BCUT2D eigenvalue weighted by Crippen LogP contribution is -2.46. The van der Waals surface area contributed by atoms with E-state index in [9.17, 15) is 5.11 Å². The van der Waals surface area contributed by atoms with Crippen LogP contribution in [0.5, 0.6) is 0 Å². The van der Waals surface area contributed by atoms with Crippen molar-refractivity contribution in [3.05, 3.63) is 29.7 Å². The molecule has 1 saturated heterocycles. The molecule has 0 spiro atoms. The molecule has 2 aromatic heterocycles. The number of oxazole rings is 1. The molecule has 0 amide bonds. The van der Waals surface area contributed by atoms with E-state index in [1.54, 1.807) is 10.9 Å². The molecule has 1 aliphatic heterocycles. The van der Waals surface area contributed by atoms with E-state index in [2.05, 4.69) is 41.0 Å². The predicted molar refractivity (Wildman–Crippen MR) is 94.0 cm³/mol. The van der Waals surface area contributed by atoms with Crippen LogP contribution in [0.4, 0.5) is 0 Å². The molecule has 0 aliphatic carbocycles. The number of hydrogen-bond acceptors (Lipinski definition) is 6. The van der Waals surface area contributed by atoms with Gasteiger partial charge in [0.2, 0.25) is 5.89 Å². The van der Waals surface area contributed by atoms with Crippen LogP contribution in [0, 0.1) is 0 Å². The average Bonchev–Trinajstić information content (AvgIpc) is 3.16. The molecule has 138 valence electrons. The lowest BCUT2D eigenvalue weighted by Gasteiger charge is -2.37. The standard InChI is InChI=1S/C18H29N5O2/c1-13(2)23-10-14(20-21-23)18(24)7-6-8-22(12-18)11-16-19-9-15(25-16)17(3,4)5/h9-10,13,24H,6-8,11-12H2,1-5H3. The van der Waals surface area contributed by atoms with Gasteiger partial charge in [-0.1, -0.05) is 26.0 Å². The normalized spacial score (nSPS) is 22.7. The third-order valence-corrected chi connectivity index (χ3v) is 4.72. The molecule has 2 aromatic rings. The zero-order chi connectivity index (χ0) is 18.2. The molecule has 7 nitrogen and oxygen atoms in total. The first-order valence-electron chi connectivity index (χ1n) is 9.00. The smallest absolute Gasteiger partial charge is 0.208 e. The number of rotatable bonds is 4. The Morgan fingerprint density at radius 2 is 2.12 bits per heavy atom. The topological polar surface area (TPSA) is 80.2 Å². The van der Waals surface area contributed by atoms with Gasteiger partial charge in [0.15, 0.2) is 0 Å².